The first-order valence-electron chi connectivity index (χ1n) is 33.9. The largest absolute Gasteiger partial charge is 0.481 e. The fraction of sp³-hybridized carbons (Fsp3) is 0.492. The summed E-state index contributed by atoms with van der Waals surface area (Å²) < 4.78 is 0. The van der Waals surface area contributed by atoms with E-state index in [-0.39, 0.29) is 70.2 Å². The summed E-state index contributed by atoms with van der Waals surface area (Å²) in [6.45, 7) is -0.380. The smallest absolute Gasteiger partial charge is 0.305 e. The fourth-order valence-electron chi connectivity index (χ4n) is 10.0. The number of aromatic nitrogens is 2. The first-order valence-corrected chi connectivity index (χ1v) is 33.9. The summed E-state index contributed by atoms with van der Waals surface area (Å²) in [4.78, 5) is 220. The first kappa shape index (κ1) is 89.8. The van der Waals surface area contributed by atoms with Gasteiger partial charge in [-0.25, -0.2) is 4.98 Å². The molecule has 14 amide bonds. The number of hydrogen-bond acceptors (Lipinski definition) is 22. The predicted molar refractivity (Wildman–Crippen MR) is 380 cm³/mol. The molecule has 0 saturated carbocycles. The molecule has 3 rings (SSSR count). The van der Waals surface area contributed by atoms with Gasteiger partial charge in [0.1, 0.15) is 66.5 Å². The molecule has 12 atom stereocenters. The van der Waals surface area contributed by atoms with Crippen LogP contribution < -0.4 is 103 Å². The number of nitrogens with one attached hydrogen (secondary N) is 18. The Morgan fingerprint density at radius 2 is 0.843 bits per heavy atom. The van der Waals surface area contributed by atoms with E-state index in [0.717, 1.165) is 6.92 Å². The lowest BCUT2D eigenvalue weighted by atomic mass is 9.97. The number of carbonyl (C=O) groups is 16. The van der Waals surface area contributed by atoms with Gasteiger partial charge in [0.25, 0.3) is 0 Å². The molecular weight excluding hydrogens is 1420 g/mol. The zero-order chi connectivity index (χ0) is 80.6. The number of carboxylic acids is 2. The number of aliphatic carboxylic acids is 2. The molecule has 0 unspecified atom stereocenters. The molecule has 0 radical (unpaired) electrons. The van der Waals surface area contributed by atoms with Gasteiger partial charge in [0.2, 0.25) is 82.7 Å². The summed E-state index contributed by atoms with van der Waals surface area (Å²) in [6, 6.07) is -1.16. The lowest BCUT2D eigenvalue weighted by Gasteiger charge is -2.29. The van der Waals surface area contributed by atoms with E-state index in [1.165, 1.54) is 19.4 Å². The van der Waals surface area contributed by atoms with Crippen LogP contribution in [0.3, 0.4) is 0 Å². The van der Waals surface area contributed by atoms with E-state index < -0.39 is 225 Å². The van der Waals surface area contributed by atoms with Crippen LogP contribution in [0.1, 0.15) is 82.5 Å². The quantitative estimate of drug-likeness (QED) is 0.0142. The molecule has 30 N–H and O–H groups in total. The van der Waals surface area contributed by atoms with Crippen molar-refractivity contribution in [1.29, 1.82) is 10.8 Å². The fourth-order valence-corrected chi connectivity index (χ4v) is 10.0. The van der Waals surface area contributed by atoms with Crippen molar-refractivity contribution < 1.29 is 97.1 Å². The number of nitrogens with zero attached hydrogens (tertiary/aromatic N) is 1. The number of guanidine groups is 2. The number of rotatable bonds is 49. The molecule has 0 bridgehead atoms. The normalized spacial score (nSPS) is 14.1. The highest BCUT2D eigenvalue weighted by atomic mass is 16.4. The van der Waals surface area contributed by atoms with Crippen molar-refractivity contribution in [2.45, 2.75) is 151 Å². The number of carbonyl (C=O) groups excluding carboxylic acids is 14. The van der Waals surface area contributed by atoms with Crippen LogP contribution >= 0.6 is 0 Å². The zero-order valence-corrected chi connectivity index (χ0v) is 59.5. The van der Waals surface area contributed by atoms with Crippen molar-refractivity contribution in [3.05, 3.63) is 90.0 Å². The van der Waals surface area contributed by atoms with E-state index in [9.17, 15) is 97.1 Å². The summed E-state index contributed by atoms with van der Waals surface area (Å²) in [6.07, 6.45) is -0.253. The molecule has 0 aliphatic carbocycles. The van der Waals surface area contributed by atoms with Gasteiger partial charge >= 0.3 is 11.9 Å². The molecule has 0 aliphatic heterocycles. The molecule has 0 saturated heterocycles. The van der Waals surface area contributed by atoms with Crippen LogP contribution in [0.4, 0.5) is 0 Å². The van der Waals surface area contributed by atoms with E-state index in [1.807, 2.05) is 0 Å². The van der Waals surface area contributed by atoms with Gasteiger partial charge in [0.15, 0.2) is 11.9 Å². The first-order chi connectivity index (χ1) is 51.2. The van der Waals surface area contributed by atoms with Crippen molar-refractivity contribution in [3.63, 3.8) is 0 Å². The highest BCUT2D eigenvalue weighted by molar-refractivity contribution is 6.00. The Morgan fingerprint density at radius 3 is 1.31 bits per heavy atom. The number of nitrogens with two attached hydrogens (primary N) is 4. The molecule has 43 heteroatoms. The SMILES string of the molecule is CC[C@H](C)[C@H](NC(=O)[C@H](CCCNC(=N)N)NC(=O)[C@H](CC(=O)O)NC(=O)[C@H](C)NC(=O)[C@H](CO)NC(=O)CNC(=O)[C@H](CC(=O)O)NC(=O)[C@H](CCCNC(=N)N)NC(=O)[C@H](Cc1ccccc1)NC(=O)CN)C(=O)N[C@@H](CO)C(=O)N[C@@H](Cc1c[nH]cn1)C(=O)NCC(=O)N[C@@H](Cc1ccccc1)C(N)=O. The molecule has 2 aromatic carbocycles. The summed E-state index contributed by atoms with van der Waals surface area (Å²) in [5, 5.41) is 90.2. The minimum absolute atomic E-state index is 0.0110. The maximum absolute atomic E-state index is 14.3. The Balaban J connectivity index is 1.74. The highest BCUT2D eigenvalue weighted by Gasteiger charge is 2.37. The van der Waals surface area contributed by atoms with Crippen LogP contribution in [-0.4, -0.2) is 249 Å². The predicted octanol–water partition coefficient (Wildman–Crippen LogP) is -10.0. The van der Waals surface area contributed by atoms with Gasteiger partial charge in [-0.15, -0.1) is 0 Å². The van der Waals surface area contributed by atoms with Gasteiger partial charge in [-0.05, 0) is 49.7 Å². The van der Waals surface area contributed by atoms with Gasteiger partial charge in [0.05, 0.1) is 57.7 Å². The standard InChI is InChI=1S/C65H97N23O20/c1-4-33(2)52(63(108)87-46(31-90)62(107)85-42(23-37-27-72-32-77-37)55(100)75-28-48(92)79-40(53(67)98)21-35-13-7-5-8-14-35)88-58(103)39(18-12-20-74-65(70)71)83-60(105)44(25-51(96)97)84-54(99)34(3)78-61(106)45(30-89)81-49(93)29-76-56(101)43(24-50(94)95)86-57(102)38(17-11-19-73-64(68)69)82-59(104)41(80-47(91)26-66)22-36-15-9-6-10-16-36/h5-10,13-16,27,32-34,38-46,52,89-90H,4,11-12,17-26,28-31,66H2,1-3H3,(H2,67,98)(H,72,77)(H,75,100)(H,76,101)(H,78,106)(H,79,92)(H,80,91)(H,81,93)(H,82,104)(H,83,105)(H,84,99)(H,85,107)(H,86,102)(H,87,108)(H,88,103)(H,94,95)(H,96,97)(H4,68,69,73)(H4,70,71,74)/t33-,34-,38-,39-,40-,41-,42-,43-,44-,45-,46-,52-/m0/s1. The molecule has 0 spiro atoms. The lowest BCUT2D eigenvalue weighted by molar-refractivity contribution is -0.142. The topological polar surface area (TPSA) is 715 Å². The van der Waals surface area contributed by atoms with Crippen molar-refractivity contribution in [3.8, 4) is 0 Å². The average Bonchev–Trinajstić information content (AvgIpc) is 0.912. The second-order valence-corrected chi connectivity index (χ2v) is 24.5. The van der Waals surface area contributed by atoms with Crippen LogP contribution in [0.25, 0.3) is 0 Å². The molecule has 43 nitrogen and oxygen atoms in total. The molecule has 108 heavy (non-hydrogen) atoms. The van der Waals surface area contributed by atoms with Crippen LogP contribution in [0.15, 0.2) is 73.2 Å². The number of aliphatic hydroxyl groups is 2. The van der Waals surface area contributed by atoms with Crippen molar-refractivity contribution in [2.75, 3.05) is 45.9 Å². The number of aliphatic hydroxyl groups excluding tert-OH is 2. The van der Waals surface area contributed by atoms with Crippen LogP contribution in [0, 0.1) is 16.7 Å². The van der Waals surface area contributed by atoms with Gasteiger partial charge in [-0.3, -0.25) is 87.5 Å². The Hall–Kier alpha value is -12.4. The third kappa shape index (κ3) is 33.6. The van der Waals surface area contributed by atoms with Crippen LogP contribution in [-0.2, 0) is 96.0 Å². The number of carboxylic acid groups (broad SMARTS) is 2. The number of primary amides is 1. The highest BCUT2D eigenvalue weighted by Crippen LogP contribution is 2.13. The minimum atomic E-state index is -2.04. The number of amides is 14. The van der Waals surface area contributed by atoms with Crippen molar-refractivity contribution >= 4 is 107 Å². The lowest BCUT2D eigenvalue weighted by Crippen LogP contribution is -2.61. The molecule has 1 heterocycles. The molecule has 3 aromatic rings. The Labute approximate surface area is 618 Å². The van der Waals surface area contributed by atoms with E-state index >= 15 is 0 Å². The molecule has 0 aliphatic rings. The maximum atomic E-state index is 14.3. The number of aromatic amines is 1. The summed E-state index contributed by atoms with van der Waals surface area (Å²) in [5.74, 6) is -19.9. The van der Waals surface area contributed by atoms with E-state index in [1.54, 1.807) is 67.6 Å². The van der Waals surface area contributed by atoms with Crippen molar-refractivity contribution in [1.82, 2.24) is 89.7 Å². The molecule has 592 valence electrons. The third-order valence-electron chi connectivity index (χ3n) is 16.0. The third-order valence-corrected chi connectivity index (χ3v) is 16.0. The van der Waals surface area contributed by atoms with E-state index in [0.29, 0.717) is 11.1 Å². The number of imidazole rings is 1. The summed E-state index contributed by atoms with van der Waals surface area (Å²) in [5.41, 5.74) is 23.3. The minimum Gasteiger partial charge on any atom is -0.481 e. The Bertz CT molecular complexity index is 3590. The molecule has 0 fully saturated rings. The van der Waals surface area contributed by atoms with Gasteiger partial charge < -0.3 is 128 Å². The Kier molecular flexibility index (Phi) is 39.2. The number of H-pyrrole nitrogens is 1. The number of benzene rings is 2. The van der Waals surface area contributed by atoms with Crippen molar-refractivity contribution in [2.24, 2.45) is 28.9 Å². The Morgan fingerprint density at radius 1 is 0.454 bits per heavy atom. The van der Waals surface area contributed by atoms with Gasteiger partial charge in [0, 0.05) is 38.5 Å². The van der Waals surface area contributed by atoms with E-state index in [2.05, 4.69) is 89.7 Å². The average molecular weight is 1520 g/mol. The van der Waals surface area contributed by atoms with Crippen LogP contribution in [0.2, 0.25) is 0 Å². The second-order valence-electron chi connectivity index (χ2n) is 24.5. The van der Waals surface area contributed by atoms with Gasteiger partial charge in [-0.2, -0.15) is 0 Å². The monoisotopic (exact) mass is 1520 g/mol. The van der Waals surface area contributed by atoms with Crippen LogP contribution in [0.5, 0.6) is 0 Å². The van der Waals surface area contributed by atoms with Gasteiger partial charge in [-0.1, -0.05) is 80.9 Å². The summed E-state index contributed by atoms with van der Waals surface area (Å²) >= 11 is 0. The number of hydrogen-bond donors (Lipinski definition) is 26. The maximum Gasteiger partial charge on any atom is 0.305 e. The molecule has 1 aromatic heterocycles. The summed E-state index contributed by atoms with van der Waals surface area (Å²) in [7, 11) is 0. The zero-order valence-electron chi connectivity index (χ0n) is 59.5. The van der Waals surface area contributed by atoms with E-state index in [4.69, 9.17) is 33.8 Å². The second kappa shape index (κ2) is 47.1. The molecular formula is C65H97N23O20.